The summed E-state index contributed by atoms with van der Waals surface area (Å²) in [7, 11) is 1.33. The van der Waals surface area contributed by atoms with Gasteiger partial charge in [0.05, 0.1) is 13.7 Å². The molecule has 0 fully saturated rings. The van der Waals surface area contributed by atoms with E-state index < -0.39 is 18.7 Å². The van der Waals surface area contributed by atoms with E-state index in [-0.39, 0.29) is 11.6 Å². The third-order valence-corrected chi connectivity index (χ3v) is 1.77. The number of ether oxygens (including phenoxy) is 2. The monoisotopic (exact) mass is 237 g/mol. The number of hydrogen-bond donors (Lipinski definition) is 1. The number of aliphatic hydroxyl groups is 1. The van der Waals surface area contributed by atoms with Crippen LogP contribution in [0.1, 0.15) is 11.3 Å². The van der Waals surface area contributed by atoms with Crippen LogP contribution in [-0.4, -0.2) is 23.6 Å². The molecule has 0 aliphatic rings. The van der Waals surface area contributed by atoms with E-state index in [0.717, 1.165) is 6.07 Å². The van der Waals surface area contributed by atoms with Crippen molar-refractivity contribution >= 4 is 0 Å². The van der Waals surface area contributed by atoms with Crippen molar-refractivity contribution in [2.75, 3.05) is 7.11 Å². The number of nitrogens with zero attached hydrogens (tertiary/aromatic N) is 1. The first-order chi connectivity index (χ1) is 7.37. The SMILES string of the molecule is COc1nc(CO)c(OC(F)(F)F)cc1C. The highest BCUT2D eigenvalue weighted by atomic mass is 19.4. The average Bonchev–Trinajstić information content (AvgIpc) is 2.16. The molecular formula is C9H10F3NO3. The van der Waals surface area contributed by atoms with E-state index in [1.54, 1.807) is 0 Å². The van der Waals surface area contributed by atoms with Gasteiger partial charge in [-0.2, -0.15) is 0 Å². The van der Waals surface area contributed by atoms with Gasteiger partial charge in [0.1, 0.15) is 5.69 Å². The van der Waals surface area contributed by atoms with Crippen molar-refractivity contribution in [3.8, 4) is 11.6 Å². The molecule has 16 heavy (non-hydrogen) atoms. The highest BCUT2D eigenvalue weighted by molar-refractivity contribution is 5.37. The molecule has 1 N–H and O–H groups in total. The van der Waals surface area contributed by atoms with Crippen molar-refractivity contribution in [1.29, 1.82) is 0 Å². The quantitative estimate of drug-likeness (QED) is 0.870. The van der Waals surface area contributed by atoms with Gasteiger partial charge in [-0.05, 0) is 13.0 Å². The predicted molar refractivity (Wildman–Crippen MR) is 48.1 cm³/mol. The molecule has 0 unspecified atom stereocenters. The summed E-state index contributed by atoms with van der Waals surface area (Å²) in [5.74, 6) is -0.369. The van der Waals surface area contributed by atoms with Crippen LogP contribution in [0.15, 0.2) is 6.07 Å². The number of hydrogen-bond acceptors (Lipinski definition) is 4. The number of alkyl halides is 3. The maximum atomic E-state index is 12.0. The third kappa shape index (κ3) is 2.99. The molecule has 0 saturated heterocycles. The Kier molecular flexibility index (Phi) is 3.58. The van der Waals surface area contributed by atoms with E-state index >= 15 is 0 Å². The van der Waals surface area contributed by atoms with E-state index in [4.69, 9.17) is 9.84 Å². The molecule has 1 aromatic rings. The molecule has 0 aliphatic carbocycles. The summed E-state index contributed by atoms with van der Waals surface area (Å²) in [6.07, 6.45) is -4.81. The van der Waals surface area contributed by atoms with Gasteiger partial charge in [0.15, 0.2) is 5.75 Å². The fourth-order valence-corrected chi connectivity index (χ4v) is 1.14. The fraction of sp³-hybridized carbons (Fsp3) is 0.444. The standard InChI is InChI=1S/C9H10F3NO3/c1-5-3-7(16-9(10,11)12)6(4-14)13-8(5)15-2/h3,14H,4H2,1-2H3. The normalized spacial score (nSPS) is 11.4. The molecule has 1 aromatic heterocycles. The minimum atomic E-state index is -4.81. The Morgan fingerprint density at radius 3 is 2.50 bits per heavy atom. The summed E-state index contributed by atoms with van der Waals surface area (Å²) in [5, 5.41) is 8.86. The van der Waals surface area contributed by atoms with Gasteiger partial charge >= 0.3 is 6.36 Å². The van der Waals surface area contributed by atoms with Crippen LogP contribution in [0.2, 0.25) is 0 Å². The van der Waals surface area contributed by atoms with Crippen LogP contribution in [0.25, 0.3) is 0 Å². The van der Waals surface area contributed by atoms with Crippen molar-refractivity contribution in [2.24, 2.45) is 0 Å². The second kappa shape index (κ2) is 4.56. The maximum absolute atomic E-state index is 12.0. The van der Waals surface area contributed by atoms with Gasteiger partial charge in [0, 0.05) is 5.56 Å². The molecule has 0 atom stereocenters. The minimum absolute atomic E-state index is 0.151. The largest absolute Gasteiger partial charge is 0.573 e. The molecular weight excluding hydrogens is 227 g/mol. The molecule has 0 spiro atoms. The molecule has 7 heteroatoms. The lowest BCUT2D eigenvalue weighted by molar-refractivity contribution is -0.275. The topological polar surface area (TPSA) is 51.6 Å². The number of aryl methyl sites for hydroxylation is 1. The number of halogens is 3. The van der Waals surface area contributed by atoms with E-state index in [9.17, 15) is 13.2 Å². The first kappa shape index (κ1) is 12.6. The first-order valence-electron chi connectivity index (χ1n) is 4.28. The number of aliphatic hydroxyl groups excluding tert-OH is 1. The molecule has 0 amide bonds. The van der Waals surface area contributed by atoms with Crippen molar-refractivity contribution in [3.63, 3.8) is 0 Å². The van der Waals surface area contributed by atoms with Crippen molar-refractivity contribution in [1.82, 2.24) is 4.98 Å². The maximum Gasteiger partial charge on any atom is 0.573 e. The van der Waals surface area contributed by atoms with Crippen molar-refractivity contribution in [2.45, 2.75) is 19.9 Å². The summed E-state index contributed by atoms with van der Waals surface area (Å²) < 4.78 is 44.6. The number of aromatic nitrogens is 1. The van der Waals surface area contributed by atoms with Gasteiger partial charge < -0.3 is 14.6 Å². The van der Waals surface area contributed by atoms with Crippen molar-refractivity contribution in [3.05, 3.63) is 17.3 Å². The molecule has 1 heterocycles. The van der Waals surface area contributed by atoms with Gasteiger partial charge in [-0.1, -0.05) is 0 Å². The molecule has 0 radical (unpaired) electrons. The number of methoxy groups -OCH3 is 1. The van der Waals surface area contributed by atoms with Crippen molar-refractivity contribution < 1.29 is 27.8 Å². The molecule has 0 saturated carbocycles. The summed E-state index contributed by atoms with van der Waals surface area (Å²) >= 11 is 0. The molecule has 4 nitrogen and oxygen atoms in total. The zero-order valence-corrected chi connectivity index (χ0v) is 8.63. The van der Waals surface area contributed by atoms with Gasteiger partial charge in [-0.15, -0.1) is 13.2 Å². The smallest absolute Gasteiger partial charge is 0.481 e. The lowest BCUT2D eigenvalue weighted by Gasteiger charge is -2.13. The van der Waals surface area contributed by atoms with Gasteiger partial charge in [0.25, 0.3) is 0 Å². The molecule has 0 aromatic carbocycles. The fourth-order valence-electron chi connectivity index (χ4n) is 1.14. The Morgan fingerprint density at radius 1 is 1.44 bits per heavy atom. The highest BCUT2D eigenvalue weighted by Gasteiger charge is 2.32. The van der Waals surface area contributed by atoms with Crippen LogP contribution in [0.3, 0.4) is 0 Å². The Hall–Kier alpha value is -1.50. The lowest BCUT2D eigenvalue weighted by Crippen LogP contribution is -2.19. The number of pyridine rings is 1. The predicted octanol–water partition coefficient (Wildman–Crippen LogP) is 1.79. The van der Waals surface area contributed by atoms with Gasteiger partial charge in [-0.25, -0.2) is 4.98 Å². The zero-order chi connectivity index (χ0) is 12.3. The van der Waals surface area contributed by atoms with E-state index in [0.29, 0.717) is 5.56 Å². The second-order valence-electron chi connectivity index (χ2n) is 2.97. The third-order valence-electron chi connectivity index (χ3n) is 1.77. The molecule has 0 aliphatic heterocycles. The minimum Gasteiger partial charge on any atom is -0.481 e. The average molecular weight is 237 g/mol. The van der Waals surface area contributed by atoms with Gasteiger partial charge in [-0.3, -0.25) is 0 Å². The Bertz CT molecular complexity index is 379. The molecule has 0 bridgehead atoms. The van der Waals surface area contributed by atoms with Crippen LogP contribution in [0.5, 0.6) is 11.6 Å². The van der Waals surface area contributed by atoms with Crippen LogP contribution in [-0.2, 0) is 6.61 Å². The molecule has 1 rings (SSSR count). The van der Waals surface area contributed by atoms with E-state index in [1.807, 2.05) is 0 Å². The summed E-state index contributed by atoms with van der Waals surface area (Å²) in [5.41, 5.74) is 0.165. The number of rotatable bonds is 3. The summed E-state index contributed by atoms with van der Waals surface area (Å²) in [6.45, 7) is 0.859. The van der Waals surface area contributed by atoms with Gasteiger partial charge in [0.2, 0.25) is 5.88 Å². The summed E-state index contributed by atoms with van der Waals surface area (Å²) in [6, 6.07) is 1.12. The first-order valence-corrected chi connectivity index (χ1v) is 4.28. The van der Waals surface area contributed by atoms with Crippen LogP contribution >= 0.6 is 0 Å². The summed E-state index contributed by atoms with van der Waals surface area (Å²) in [4.78, 5) is 3.70. The highest BCUT2D eigenvalue weighted by Crippen LogP contribution is 2.29. The van der Waals surface area contributed by atoms with Crippen LogP contribution in [0.4, 0.5) is 13.2 Å². The Morgan fingerprint density at radius 2 is 2.06 bits per heavy atom. The van der Waals surface area contributed by atoms with Crippen LogP contribution in [0, 0.1) is 6.92 Å². The molecule has 90 valence electrons. The lowest BCUT2D eigenvalue weighted by atomic mass is 10.2. The Balaban J connectivity index is 3.13. The zero-order valence-electron chi connectivity index (χ0n) is 8.63. The second-order valence-corrected chi connectivity index (χ2v) is 2.97. The van der Waals surface area contributed by atoms with E-state index in [2.05, 4.69) is 9.72 Å². The Labute approximate surface area is 89.6 Å². The van der Waals surface area contributed by atoms with E-state index in [1.165, 1.54) is 14.0 Å². The van der Waals surface area contributed by atoms with Crippen LogP contribution < -0.4 is 9.47 Å².